The van der Waals surface area contributed by atoms with Crippen LogP contribution in [0, 0.1) is 26.6 Å². The molecule has 0 saturated carbocycles. The minimum Gasteiger partial charge on any atom is -0.347 e. The molecule has 0 unspecified atom stereocenters. The summed E-state index contributed by atoms with van der Waals surface area (Å²) in [6, 6.07) is 9.96. The highest BCUT2D eigenvalue weighted by molar-refractivity contribution is 6.33. The Bertz CT molecular complexity index is 984. The Balaban J connectivity index is 1.81. The van der Waals surface area contributed by atoms with E-state index in [4.69, 9.17) is 11.6 Å². The van der Waals surface area contributed by atoms with Gasteiger partial charge in [-0.1, -0.05) is 23.7 Å². The molecule has 2 heterocycles. The number of rotatable bonds is 4. The molecule has 0 aliphatic rings. The van der Waals surface area contributed by atoms with Gasteiger partial charge in [-0.05, 0) is 56.2 Å². The Labute approximate surface area is 155 Å². The number of nitrogens with zero attached hydrogens (tertiary/aromatic N) is 3. The van der Waals surface area contributed by atoms with E-state index in [0.717, 1.165) is 17.0 Å². The highest BCUT2D eigenvalue weighted by Crippen LogP contribution is 2.18. The average molecular weight is 373 g/mol. The Hall–Kier alpha value is -2.73. The number of aromatic nitrogens is 3. The molecule has 3 rings (SSSR count). The summed E-state index contributed by atoms with van der Waals surface area (Å²) in [6.07, 6.45) is 0. The van der Waals surface area contributed by atoms with Crippen LogP contribution in [0.3, 0.4) is 0 Å². The summed E-state index contributed by atoms with van der Waals surface area (Å²) in [4.78, 5) is 16.9. The van der Waals surface area contributed by atoms with Crippen LogP contribution in [0.5, 0.6) is 0 Å². The van der Waals surface area contributed by atoms with Gasteiger partial charge < -0.3 is 5.32 Å². The summed E-state index contributed by atoms with van der Waals surface area (Å²) >= 11 is 6.15. The second-order valence-corrected chi connectivity index (χ2v) is 6.51. The number of halogens is 2. The quantitative estimate of drug-likeness (QED) is 0.755. The third kappa shape index (κ3) is 3.75. The molecule has 2 aromatic heterocycles. The standard InChI is InChI=1S/C19H18ClFN4O/c1-11-8-14(4-6-16(11)21)10-22-19(26)18-15(20)5-7-17(23-18)25-13(3)9-12(2)24-25/h4-9H,10H2,1-3H3,(H,22,26). The molecule has 7 heteroatoms. The molecule has 0 radical (unpaired) electrons. The summed E-state index contributed by atoms with van der Waals surface area (Å²) < 4.78 is 15.0. The smallest absolute Gasteiger partial charge is 0.271 e. The van der Waals surface area contributed by atoms with Crippen LogP contribution in [-0.2, 0) is 6.54 Å². The largest absolute Gasteiger partial charge is 0.347 e. The van der Waals surface area contributed by atoms with E-state index in [2.05, 4.69) is 15.4 Å². The summed E-state index contributed by atoms with van der Waals surface area (Å²) in [5.41, 5.74) is 3.21. The van der Waals surface area contributed by atoms with E-state index in [-0.39, 0.29) is 23.1 Å². The maximum absolute atomic E-state index is 13.3. The van der Waals surface area contributed by atoms with Crippen molar-refractivity contribution in [2.24, 2.45) is 0 Å². The first-order chi connectivity index (χ1) is 12.3. The normalized spacial score (nSPS) is 10.8. The zero-order chi connectivity index (χ0) is 18.8. The molecule has 3 aromatic rings. The fraction of sp³-hybridized carbons (Fsp3) is 0.211. The number of hydrogen-bond donors (Lipinski definition) is 1. The molecule has 1 aromatic carbocycles. The second-order valence-electron chi connectivity index (χ2n) is 6.10. The Morgan fingerprint density at radius 1 is 1.19 bits per heavy atom. The second kappa shape index (κ2) is 7.25. The highest BCUT2D eigenvalue weighted by atomic mass is 35.5. The molecule has 0 bridgehead atoms. The van der Waals surface area contributed by atoms with Crippen LogP contribution in [0.25, 0.3) is 5.82 Å². The first kappa shape index (κ1) is 18.1. The van der Waals surface area contributed by atoms with Crippen molar-refractivity contribution in [2.75, 3.05) is 0 Å². The van der Waals surface area contributed by atoms with Gasteiger partial charge >= 0.3 is 0 Å². The maximum Gasteiger partial charge on any atom is 0.271 e. The molecule has 134 valence electrons. The van der Waals surface area contributed by atoms with Crippen molar-refractivity contribution < 1.29 is 9.18 Å². The first-order valence-corrected chi connectivity index (χ1v) is 8.46. The number of amides is 1. The van der Waals surface area contributed by atoms with E-state index < -0.39 is 5.91 Å². The summed E-state index contributed by atoms with van der Waals surface area (Å²) in [5.74, 6) is -0.162. The zero-order valence-electron chi connectivity index (χ0n) is 14.7. The lowest BCUT2D eigenvalue weighted by Crippen LogP contribution is -2.24. The van der Waals surface area contributed by atoms with Gasteiger partial charge in [0.05, 0.1) is 10.7 Å². The number of aryl methyl sites for hydroxylation is 3. The predicted octanol–water partition coefficient (Wildman–Crippen LogP) is 3.92. The highest BCUT2D eigenvalue weighted by Gasteiger charge is 2.15. The van der Waals surface area contributed by atoms with Crippen molar-refractivity contribution in [3.05, 3.63) is 75.4 Å². The summed E-state index contributed by atoms with van der Waals surface area (Å²) in [5, 5.41) is 7.38. The number of hydrogen-bond acceptors (Lipinski definition) is 3. The van der Waals surface area contributed by atoms with E-state index >= 15 is 0 Å². The lowest BCUT2D eigenvalue weighted by Gasteiger charge is -2.10. The number of carbonyl (C=O) groups is 1. The molecule has 0 saturated heterocycles. The van der Waals surface area contributed by atoms with Gasteiger partial charge in [0.15, 0.2) is 5.82 Å². The number of benzene rings is 1. The average Bonchev–Trinajstić information content (AvgIpc) is 2.94. The van der Waals surface area contributed by atoms with Gasteiger partial charge in [0.2, 0.25) is 0 Å². The zero-order valence-corrected chi connectivity index (χ0v) is 15.4. The van der Waals surface area contributed by atoms with Crippen LogP contribution in [0.1, 0.15) is 33.0 Å². The lowest BCUT2D eigenvalue weighted by molar-refractivity contribution is 0.0946. The Morgan fingerprint density at radius 3 is 2.62 bits per heavy atom. The van der Waals surface area contributed by atoms with Crippen LogP contribution in [0.4, 0.5) is 4.39 Å². The van der Waals surface area contributed by atoms with Crippen molar-refractivity contribution in [3.8, 4) is 5.82 Å². The van der Waals surface area contributed by atoms with Crippen molar-refractivity contribution in [1.29, 1.82) is 0 Å². The van der Waals surface area contributed by atoms with Gasteiger partial charge in [0.25, 0.3) is 5.91 Å². The minimum absolute atomic E-state index is 0.121. The number of nitrogens with one attached hydrogen (secondary N) is 1. The van der Waals surface area contributed by atoms with Gasteiger partial charge in [0, 0.05) is 12.2 Å². The summed E-state index contributed by atoms with van der Waals surface area (Å²) in [7, 11) is 0. The minimum atomic E-state index is -0.402. The molecule has 0 fully saturated rings. The fourth-order valence-electron chi connectivity index (χ4n) is 2.65. The van der Waals surface area contributed by atoms with E-state index in [9.17, 15) is 9.18 Å². The van der Waals surface area contributed by atoms with Crippen LogP contribution in [0.15, 0.2) is 36.4 Å². The van der Waals surface area contributed by atoms with Crippen LogP contribution in [-0.4, -0.2) is 20.7 Å². The topological polar surface area (TPSA) is 59.8 Å². The van der Waals surface area contributed by atoms with Gasteiger partial charge in [-0.3, -0.25) is 4.79 Å². The SMILES string of the molecule is Cc1cc(C)n(-c2ccc(Cl)c(C(=O)NCc3ccc(F)c(C)c3)n2)n1. The molecule has 0 aliphatic heterocycles. The van der Waals surface area contributed by atoms with E-state index in [0.29, 0.717) is 11.4 Å². The van der Waals surface area contributed by atoms with Crippen molar-refractivity contribution in [2.45, 2.75) is 27.3 Å². The summed E-state index contributed by atoms with van der Waals surface area (Å²) in [6.45, 7) is 5.73. The van der Waals surface area contributed by atoms with Gasteiger partial charge in [-0.15, -0.1) is 0 Å². The van der Waals surface area contributed by atoms with Crippen molar-refractivity contribution >= 4 is 17.5 Å². The molecule has 26 heavy (non-hydrogen) atoms. The Morgan fingerprint density at radius 2 is 1.96 bits per heavy atom. The fourth-order valence-corrected chi connectivity index (χ4v) is 2.84. The predicted molar refractivity (Wildman–Crippen MR) is 98.2 cm³/mol. The lowest BCUT2D eigenvalue weighted by atomic mass is 10.1. The maximum atomic E-state index is 13.3. The molecule has 0 aliphatic carbocycles. The van der Waals surface area contributed by atoms with Gasteiger partial charge in [0.1, 0.15) is 11.5 Å². The monoisotopic (exact) mass is 372 g/mol. The molecule has 0 atom stereocenters. The third-order valence-corrected chi connectivity index (χ3v) is 4.25. The van der Waals surface area contributed by atoms with E-state index in [1.165, 1.54) is 6.07 Å². The molecular weight excluding hydrogens is 355 g/mol. The van der Waals surface area contributed by atoms with Crippen LogP contribution in [0.2, 0.25) is 5.02 Å². The van der Waals surface area contributed by atoms with Crippen LogP contribution < -0.4 is 5.32 Å². The van der Waals surface area contributed by atoms with E-state index in [1.807, 2.05) is 19.9 Å². The van der Waals surface area contributed by atoms with E-state index in [1.54, 1.807) is 35.9 Å². The first-order valence-electron chi connectivity index (χ1n) is 8.08. The molecule has 5 nitrogen and oxygen atoms in total. The number of pyridine rings is 1. The molecule has 1 N–H and O–H groups in total. The molecule has 1 amide bonds. The Kier molecular flexibility index (Phi) is 5.04. The molecule has 0 spiro atoms. The third-order valence-electron chi connectivity index (χ3n) is 3.95. The van der Waals surface area contributed by atoms with Gasteiger partial charge in [-0.2, -0.15) is 5.10 Å². The van der Waals surface area contributed by atoms with Crippen LogP contribution >= 0.6 is 11.6 Å². The van der Waals surface area contributed by atoms with Gasteiger partial charge in [-0.25, -0.2) is 14.1 Å². The van der Waals surface area contributed by atoms with Crippen molar-refractivity contribution in [1.82, 2.24) is 20.1 Å². The van der Waals surface area contributed by atoms with Crippen molar-refractivity contribution in [3.63, 3.8) is 0 Å². The molecular formula is C19H18ClFN4O. The number of carbonyl (C=O) groups excluding carboxylic acids is 1.